The number of hydrogen-bond donors (Lipinski definition) is 2. The van der Waals surface area contributed by atoms with Gasteiger partial charge in [-0.2, -0.15) is 10.4 Å². The van der Waals surface area contributed by atoms with Crippen LogP contribution in [0.15, 0.2) is 24.5 Å². The molecule has 2 aromatic rings. The van der Waals surface area contributed by atoms with Gasteiger partial charge in [-0.1, -0.05) is 0 Å². The van der Waals surface area contributed by atoms with Crippen LogP contribution < -0.4 is 11.1 Å². The smallest absolute Gasteiger partial charge is 0.252 e. The molecule has 6 nitrogen and oxygen atoms in total. The Kier molecular flexibility index (Phi) is 3.03. The monoisotopic (exact) mass is 269 g/mol. The second-order valence-corrected chi connectivity index (χ2v) is 5.05. The maximum Gasteiger partial charge on any atom is 0.252 e. The largest absolute Gasteiger partial charge is 0.379 e. The lowest BCUT2D eigenvalue weighted by Crippen LogP contribution is -2.26. The molecule has 2 atom stereocenters. The van der Waals surface area contributed by atoms with Crippen molar-refractivity contribution in [3.05, 3.63) is 30.1 Å². The van der Waals surface area contributed by atoms with Crippen molar-refractivity contribution >= 4 is 17.1 Å². The summed E-state index contributed by atoms with van der Waals surface area (Å²) >= 11 is 0. The molecule has 1 amide bonds. The molecule has 2 aromatic heterocycles. The van der Waals surface area contributed by atoms with Gasteiger partial charge in [0.2, 0.25) is 0 Å². The van der Waals surface area contributed by atoms with Gasteiger partial charge in [-0.25, -0.2) is 4.52 Å². The number of nitrogens with two attached hydrogens (primary N) is 1. The maximum atomic E-state index is 11.6. The van der Waals surface area contributed by atoms with Gasteiger partial charge in [-0.3, -0.25) is 4.79 Å². The average molecular weight is 269 g/mol. The molecule has 0 aromatic carbocycles. The minimum Gasteiger partial charge on any atom is -0.379 e. The Morgan fingerprint density at radius 3 is 3.15 bits per heavy atom. The van der Waals surface area contributed by atoms with Crippen molar-refractivity contribution in [2.45, 2.75) is 25.3 Å². The fraction of sp³-hybridized carbons (Fsp3) is 0.357. The zero-order chi connectivity index (χ0) is 14.1. The molecule has 6 heteroatoms. The lowest BCUT2D eigenvalue weighted by Gasteiger charge is -2.19. The topological polar surface area (TPSA) is 96.2 Å². The van der Waals surface area contributed by atoms with Crippen molar-refractivity contribution in [2.75, 3.05) is 5.32 Å². The predicted octanol–water partition coefficient (Wildman–Crippen LogP) is 1.54. The molecule has 3 N–H and O–H groups in total. The minimum atomic E-state index is -0.518. The number of primary amides is 1. The zero-order valence-electron chi connectivity index (χ0n) is 10.9. The summed E-state index contributed by atoms with van der Waals surface area (Å²) in [5.74, 6) is -0.547. The summed E-state index contributed by atoms with van der Waals surface area (Å²) in [6.45, 7) is 0. The molecule has 0 radical (unpaired) electrons. The zero-order valence-corrected chi connectivity index (χ0v) is 10.9. The first-order chi connectivity index (χ1) is 9.70. The summed E-state index contributed by atoms with van der Waals surface area (Å²) in [6, 6.07) is 6.11. The molecule has 1 saturated carbocycles. The number of hydrogen-bond acceptors (Lipinski definition) is 4. The van der Waals surface area contributed by atoms with Gasteiger partial charge in [-0.15, -0.1) is 0 Å². The number of fused-ring (bicyclic) bond motifs is 1. The van der Waals surface area contributed by atoms with E-state index in [4.69, 9.17) is 11.0 Å². The highest BCUT2D eigenvalue weighted by molar-refractivity contribution is 6.01. The Hall–Kier alpha value is -2.55. The Bertz CT molecular complexity index is 699. The van der Waals surface area contributed by atoms with Crippen LogP contribution in [0.3, 0.4) is 0 Å². The number of carbonyl (C=O) groups is 1. The Morgan fingerprint density at radius 2 is 2.40 bits per heavy atom. The first-order valence-electron chi connectivity index (χ1n) is 6.63. The van der Waals surface area contributed by atoms with E-state index in [0.29, 0.717) is 11.3 Å². The third-order valence-electron chi connectivity index (χ3n) is 3.84. The van der Waals surface area contributed by atoms with Gasteiger partial charge >= 0.3 is 0 Å². The molecule has 2 heterocycles. The molecule has 1 aliphatic rings. The number of nitriles is 1. The number of anilines is 1. The van der Waals surface area contributed by atoms with Crippen LogP contribution in [0.5, 0.6) is 0 Å². The fourth-order valence-corrected chi connectivity index (χ4v) is 2.80. The lowest BCUT2D eigenvalue weighted by atomic mass is 10.0. The molecule has 0 aliphatic heterocycles. The van der Waals surface area contributed by atoms with Crippen molar-refractivity contribution in [3.8, 4) is 6.07 Å². The van der Waals surface area contributed by atoms with E-state index in [0.717, 1.165) is 24.8 Å². The standard InChI is InChI=1S/C14H15N5O/c15-7-9-3-1-4-11(9)18-13-10(14(16)20)8-17-19-6-2-5-12(13)19/h2,5-6,8-9,11,18H,1,3-4H2,(H2,16,20). The van der Waals surface area contributed by atoms with E-state index in [1.165, 1.54) is 6.20 Å². The van der Waals surface area contributed by atoms with E-state index in [1.54, 1.807) is 4.52 Å². The molecule has 3 rings (SSSR count). The van der Waals surface area contributed by atoms with Crippen LogP contribution in [0.4, 0.5) is 5.69 Å². The summed E-state index contributed by atoms with van der Waals surface area (Å²) in [5.41, 5.74) is 7.25. The summed E-state index contributed by atoms with van der Waals surface area (Å²) in [5, 5.41) is 16.7. The molecule has 0 bridgehead atoms. The van der Waals surface area contributed by atoms with Gasteiger partial charge in [0.05, 0.1) is 35.0 Å². The summed E-state index contributed by atoms with van der Waals surface area (Å²) in [4.78, 5) is 11.6. The van der Waals surface area contributed by atoms with E-state index in [2.05, 4.69) is 16.5 Å². The SMILES string of the molecule is N#CC1CCCC1Nc1c(C(N)=O)cnn2cccc12. The highest BCUT2D eigenvalue weighted by Gasteiger charge is 2.28. The maximum absolute atomic E-state index is 11.6. The van der Waals surface area contributed by atoms with Crippen LogP contribution in [0.1, 0.15) is 29.6 Å². The third-order valence-corrected chi connectivity index (χ3v) is 3.84. The van der Waals surface area contributed by atoms with Crippen LogP contribution in [-0.2, 0) is 0 Å². The van der Waals surface area contributed by atoms with Gasteiger partial charge in [0.15, 0.2) is 0 Å². The van der Waals surface area contributed by atoms with Gasteiger partial charge in [0.1, 0.15) is 0 Å². The van der Waals surface area contributed by atoms with E-state index in [1.807, 2.05) is 18.3 Å². The van der Waals surface area contributed by atoms with Crippen LogP contribution in [0.25, 0.3) is 5.52 Å². The van der Waals surface area contributed by atoms with Crippen molar-refractivity contribution in [3.63, 3.8) is 0 Å². The molecule has 20 heavy (non-hydrogen) atoms. The number of nitrogens with one attached hydrogen (secondary N) is 1. The van der Waals surface area contributed by atoms with E-state index in [9.17, 15) is 4.79 Å². The van der Waals surface area contributed by atoms with Crippen molar-refractivity contribution in [2.24, 2.45) is 11.7 Å². The number of aromatic nitrogens is 2. The number of carbonyl (C=O) groups excluding carboxylic acids is 1. The second kappa shape index (κ2) is 4.85. The molecule has 1 fully saturated rings. The average Bonchev–Trinajstić information content (AvgIpc) is 3.06. The van der Waals surface area contributed by atoms with Crippen molar-refractivity contribution in [1.82, 2.24) is 9.61 Å². The molecule has 0 saturated heterocycles. The first-order valence-corrected chi connectivity index (χ1v) is 6.63. The fourth-order valence-electron chi connectivity index (χ4n) is 2.80. The van der Waals surface area contributed by atoms with Crippen molar-refractivity contribution in [1.29, 1.82) is 5.26 Å². The van der Waals surface area contributed by atoms with Crippen LogP contribution in [0.2, 0.25) is 0 Å². The summed E-state index contributed by atoms with van der Waals surface area (Å²) in [6.07, 6.45) is 6.11. The second-order valence-electron chi connectivity index (χ2n) is 5.05. The Balaban J connectivity index is 2.04. The van der Waals surface area contributed by atoms with E-state index in [-0.39, 0.29) is 12.0 Å². The molecule has 0 spiro atoms. The van der Waals surface area contributed by atoms with Crippen LogP contribution in [-0.4, -0.2) is 21.6 Å². The first kappa shape index (κ1) is 12.5. The van der Waals surface area contributed by atoms with Gasteiger partial charge in [-0.05, 0) is 31.4 Å². The Labute approximate surface area is 116 Å². The normalized spacial score (nSPS) is 21.8. The molecule has 1 aliphatic carbocycles. The molecule has 102 valence electrons. The molecular formula is C14H15N5O. The van der Waals surface area contributed by atoms with Crippen LogP contribution >= 0.6 is 0 Å². The highest BCUT2D eigenvalue weighted by Crippen LogP contribution is 2.31. The van der Waals surface area contributed by atoms with Crippen LogP contribution in [0, 0.1) is 17.2 Å². The number of rotatable bonds is 3. The number of nitrogens with zero attached hydrogens (tertiary/aromatic N) is 3. The quantitative estimate of drug-likeness (QED) is 0.883. The Morgan fingerprint density at radius 1 is 1.55 bits per heavy atom. The van der Waals surface area contributed by atoms with E-state index < -0.39 is 5.91 Å². The van der Waals surface area contributed by atoms with E-state index >= 15 is 0 Å². The predicted molar refractivity (Wildman–Crippen MR) is 74.1 cm³/mol. The summed E-state index contributed by atoms with van der Waals surface area (Å²) < 4.78 is 1.69. The van der Waals surface area contributed by atoms with Gasteiger partial charge in [0.25, 0.3) is 5.91 Å². The van der Waals surface area contributed by atoms with Crippen molar-refractivity contribution < 1.29 is 4.79 Å². The summed E-state index contributed by atoms with van der Waals surface area (Å²) in [7, 11) is 0. The number of amides is 1. The molecule has 2 unspecified atom stereocenters. The highest BCUT2D eigenvalue weighted by atomic mass is 16.1. The van der Waals surface area contributed by atoms with Gasteiger partial charge in [0, 0.05) is 12.2 Å². The minimum absolute atomic E-state index is 0.0288. The molecular weight excluding hydrogens is 254 g/mol. The van der Waals surface area contributed by atoms with Gasteiger partial charge < -0.3 is 11.1 Å². The third kappa shape index (κ3) is 1.97. The lowest BCUT2D eigenvalue weighted by molar-refractivity contribution is 0.100.